The van der Waals surface area contributed by atoms with Crippen LogP contribution in [0.2, 0.25) is 0 Å². The summed E-state index contributed by atoms with van der Waals surface area (Å²) < 4.78 is 11.1. The van der Waals surface area contributed by atoms with Gasteiger partial charge >= 0.3 is 5.56 Å². The van der Waals surface area contributed by atoms with Crippen LogP contribution in [0.15, 0.2) is 35.3 Å². The molecule has 0 unspecified atom stereocenters. The van der Waals surface area contributed by atoms with Crippen molar-refractivity contribution in [2.45, 2.75) is 0 Å². The molecule has 1 heterocycles. The second-order valence-electron chi connectivity index (χ2n) is 3.48. The van der Waals surface area contributed by atoms with Crippen molar-refractivity contribution in [3.63, 3.8) is 0 Å². The Morgan fingerprint density at radius 1 is 1.28 bits per heavy atom. The highest BCUT2D eigenvalue weighted by molar-refractivity contribution is 5.41. The molecule has 2 aromatic rings. The lowest BCUT2D eigenvalue weighted by atomic mass is 10.3. The van der Waals surface area contributed by atoms with Crippen LogP contribution in [0.4, 0.5) is 0 Å². The highest BCUT2D eigenvalue weighted by Crippen LogP contribution is 2.21. The molecule has 6 heteroatoms. The molecular weight excluding hydrogens is 236 g/mol. The predicted molar refractivity (Wildman–Crippen MR) is 64.6 cm³/mol. The molecule has 0 radical (unpaired) electrons. The van der Waals surface area contributed by atoms with Gasteiger partial charge in [0.05, 0.1) is 26.1 Å². The largest absolute Gasteiger partial charge is 0.508 e. The first-order chi connectivity index (χ1) is 8.67. The fourth-order valence-electron chi connectivity index (χ4n) is 1.56. The van der Waals surface area contributed by atoms with Gasteiger partial charge in [0.2, 0.25) is 5.75 Å². The second-order valence-corrected chi connectivity index (χ2v) is 3.48. The smallest absolute Gasteiger partial charge is 0.317 e. The van der Waals surface area contributed by atoms with Gasteiger partial charge in [-0.3, -0.25) is 4.79 Å². The molecule has 0 bridgehead atoms. The summed E-state index contributed by atoms with van der Waals surface area (Å²) in [5.74, 6) is 0.380. The maximum absolute atomic E-state index is 12.1. The first-order valence-electron chi connectivity index (χ1n) is 5.17. The summed E-state index contributed by atoms with van der Waals surface area (Å²) in [6.07, 6.45) is 1.38. The van der Waals surface area contributed by atoms with Crippen molar-refractivity contribution < 1.29 is 14.6 Å². The van der Waals surface area contributed by atoms with Gasteiger partial charge in [-0.1, -0.05) is 6.07 Å². The molecule has 0 aliphatic carbocycles. The van der Waals surface area contributed by atoms with Crippen molar-refractivity contribution in [1.29, 1.82) is 0 Å². The lowest BCUT2D eigenvalue weighted by Gasteiger charge is -2.09. The van der Waals surface area contributed by atoms with Gasteiger partial charge in [0.1, 0.15) is 5.75 Å². The fraction of sp³-hybridized carbons (Fsp3) is 0.167. The fourth-order valence-corrected chi connectivity index (χ4v) is 1.56. The number of phenolic OH excluding ortho intramolecular Hbond substituents is 1. The third-order valence-electron chi connectivity index (χ3n) is 2.40. The number of nitrogens with zero attached hydrogens (tertiary/aromatic N) is 2. The van der Waals surface area contributed by atoms with E-state index in [1.807, 2.05) is 0 Å². The number of rotatable bonds is 3. The number of aromatic hydroxyl groups is 1. The summed E-state index contributed by atoms with van der Waals surface area (Å²) >= 11 is 0. The van der Waals surface area contributed by atoms with Crippen LogP contribution in [0.25, 0.3) is 5.69 Å². The number of methoxy groups -OCH3 is 2. The summed E-state index contributed by atoms with van der Waals surface area (Å²) in [4.78, 5) is 12.1. The van der Waals surface area contributed by atoms with Gasteiger partial charge in [0.15, 0.2) is 5.75 Å². The van der Waals surface area contributed by atoms with Gasteiger partial charge in [0, 0.05) is 6.07 Å². The van der Waals surface area contributed by atoms with Crippen molar-refractivity contribution in [3.8, 4) is 22.9 Å². The zero-order chi connectivity index (χ0) is 13.1. The molecule has 18 heavy (non-hydrogen) atoms. The van der Waals surface area contributed by atoms with Crippen molar-refractivity contribution in [1.82, 2.24) is 9.78 Å². The van der Waals surface area contributed by atoms with Crippen molar-refractivity contribution in [2.24, 2.45) is 0 Å². The van der Waals surface area contributed by atoms with Crippen molar-refractivity contribution in [3.05, 3.63) is 40.8 Å². The molecule has 1 N–H and O–H groups in total. The molecule has 0 aliphatic rings. The minimum atomic E-state index is -0.456. The van der Waals surface area contributed by atoms with E-state index in [1.54, 1.807) is 12.1 Å². The third kappa shape index (κ3) is 2.00. The minimum absolute atomic E-state index is 0.0518. The van der Waals surface area contributed by atoms with Crippen LogP contribution in [0.5, 0.6) is 17.2 Å². The number of ether oxygens (including phenoxy) is 2. The quantitative estimate of drug-likeness (QED) is 0.875. The first-order valence-corrected chi connectivity index (χ1v) is 5.17. The average molecular weight is 248 g/mol. The van der Waals surface area contributed by atoms with Crippen molar-refractivity contribution in [2.75, 3.05) is 14.2 Å². The molecular formula is C12H12N2O4. The van der Waals surface area contributed by atoms with Crippen molar-refractivity contribution >= 4 is 0 Å². The van der Waals surface area contributed by atoms with E-state index in [-0.39, 0.29) is 17.2 Å². The maximum atomic E-state index is 12.1. The Morgan fingerprint density at radius 2 is 2.06 bits per heavy atom. The molecule has 1 aromatic heterocycles. The maximum Gasteiger partial charge on any atom is 0.317 e. The average Bonchev–Trinajstić information content (AvgIpc) is 2.38. The van der Waals surface area contributed by atoms with Gasteiger partial charge in [0.25, 0.3) is 0 Å². The van der Waals surface area contributed by atoms with Crippen LogP contribution < -0.4 is 15.0 Å². The zero-order valence-electron chi connectivity index (χ0n) is 9.95. The van der Waals surface area contributed by atoms with Gasteiger partial charge < -0.3 is 14.6 Å². The lowest BCUT2D eigenvalue weighted by molar-refractivity contribution is 0.344. The van der Waals surface area contributed by atoms with Crippen LogP contribution in [0.3, 0.4) is 0 Å². The van der Waals surface area contributed by atoms with Crippen LogP contribution in [0.1, 0.15) is 0 Å². The number of aromatic nitrogens is 2. The molecule has 0 aliphatic heterocycles. The van der Waals surface area contributed by atoms with Gasteiger partial charge in [-0.15, -0.1) is 0 Å². The molecule has 2 rings (SSSR count). The molecule has 0 atom stereocenters. The van der Waals surface area contributed by atoms with E-state index in [2.05, 4.69) is 5.10 Å². The van der Waals surface area contributed by atoms with E-state index in [9.17, 15) is 9.90 Å². The molecule has 0 amide bonds. The van der Waals surface area contributed by atoms with E-state index in [0.29, 0.717) is 5.69 Å². The third-order valence-corrected chi connectivity index (χ3v) is 2.40. The Kier molecular flexibility index (Phi) is 3.18. The van der Waals surface area contributed by atoms with Crippen LogP contribution in [-0.4, -0.2) is 29.1 Å². The Balaban J connectivity index is 2.63. The SMILES string of the molecule is COc1cnn(-c2cccc(O)c2)c(=O)c1OC. The number of hydrogen-bond donors (Lipinski definition) is 1. The molecule has 0 saturated heterocycles. The van der Waals surface area contributed by atoms with Gasteiger partial charge in [-0.2, -0.15) is 9.78 Å². The summed E-state index contributed by atoms with van der Waals surface area (Å²) in [5, 5.41) is 13.4. The van der Waals surface area contributed by atoms with E-state index in [1.165, 1.54) is 32.5 Å². The summed E-state index contributed by atoms with van der Waals surface area (Å²) in [6.45, 7) is 0. The van der Waals surface area contributed by atoms with Crippen LogP contribution in [0, 0.1) is 0 Å². The normalized spacial score (nSPS) is 10.1. The highest BCUT2D eigenvalue weighted by Gasteiger charge is 2.13. The Morgan fingerprint density at radius 3 is 2.67 bits per heavy atom. The van der Waals surface area contributed by atoms with E-state index < -0.39 is 5.56 Å². The Labute approximate surface area is 103 Å². The lowest BCUT2D eigenvalue weighted by Crippen LogP contribution is -2.22. The summed E-state index contributed by atoms with van der Waals surface area (Å²) in [7, 11) is 2.81. The van der Waals surface area contributed by atoms with Crippen LogP contribution in [-0.2, 0) is 0 Å². The van der Waals surface area contributed by atoms with Gasteiger partial charge in [-0.05, 0) is 12.1 Å². The molecule has 6 nitrogen and oxygen atoms in total. The molecule has 0 spiro atoms. The van der Waals surface area contributed by atoms with E-state index in [0.717, 1.165) is 4.68 Å². The van der Waals surface area contributed by atoms with Crippen LogP contribution >= 0.6 is 0 Å². The van der Waals surface area contributed by atoms with E-state index >= 15 is 0 Å². The second kappa shape index (κ2) is 4.79. The number of phenols is 1. The summed E-state index contributed by atoms with van der Waals surface area (Å²) in [6, 6.07) is 6.21. The number of benzene rings is 1. The summed E-state index contributed by atoms with van der Waals surface area (Å²) in [5.41, 5.74) is -0.0107. The Bertz CT molecular complexity index is 622. The molecule has 1 aromatic carbocycles. The standard InChI is InChI=1S/C12H12N2O4/c1-17-10-7-13-14(12(16)11(10)18-2)8-4-3-5-9(15)6-8/h3-7,15H,1-2H3. The monoisotopic (exact) mass is 248 g/mol. The topological polar surface area (TPSA) is 73.6 Å². The highest BCUT2D eigenvalue weighted by atomic mass is 16.5. The minimum Gasteiger partial charge on any atom is -0.508 e. The Hall–Kier alpha value is -2.50. The zero-order valence-corrected chi connectivity index (χ0v) is 9.95. The molecule has 94 valence electrons. The molecule has 0 saturated carbocycles. The van der Waals surface area contributed by atoms with E-state index in [4.69, 9.17) is 9.47 Å². The predicted octanol–water partition coefficient (Wildman–Crippen LogP) is 0.955. The molecule has 0 fully saturated rings. The first kappa shape index (κ1) is 12.0. The van der Waals surface area contributed by atoms with Gasteiger partial charge in [-0.25, -0.2) is 0 Å². The number of hydrogen-bond acceptors (Lipinski definition) is 5.